The third-order valence-corrected chi connectivity index (χ3v) is 2.55. The van der Waals surface area contributed by atoms with Crippen molar-refractivity contribution in [2.24, 2.45) is 5.73 Å². The fourth-order valence-electron chi connectivity index (χ4n) is 1.45. The van der Waals surface area contributed by atoms with Crippen molar-refractivity contribution < 1.29 is 18.6 Å². The first-order chi connectivity index (χ1) is 9.16. The Kier molecular flexibility index (Phi) is 7.32. The zero-order valence-corrected chi connectivity index (χ0v) is 11.7. The minimum Gasteiger partial charge on any atom is -0.493 e. The number of thiocarbonyl (C=S) groups is 1. The first kappa shape index (κ1) is 15.8. The van der Waals surface area contributed by atoms with Crippen molar-refractivity contribution in [3.63, 3.8) is 0 Å². The second kappa shape index (κ2) is 8.79. The molecule has 0 heterocycles. The molecule has 1 rings (SSSR count). The fraction of sp³-hybridized carbons (Fsp3) is 0.462. The van der Waals surface area contributed by atoms with E-state index in [4.69, 9.17) is 32.2 Å². The van der Waals surface area contributed by atoms with Crippen LogP contribution in [0.2, 0.25) is 0 Å². The maximum atomic E-state index is 13.5. The molecule has 0 saturated heterocycles. The molecule has 0 saturated carbocycles. The van der Waals surface area contributed by atoms with Crippen molar-refractivity contribution in [3.05, 3.63) is 29.6 Å². The molecular formula is C13H18FNO3S. The van der Waals surface area contributed by atoms with Gasteiger partial charge in [-0.2, -0.15) is 0 Å². The molecule has 4 nitrogen and oxygen atoms in total. The van der Waals surface area contributed by atoms with Crippen LogP contribution in [0.25, 0.3) is 0 Å². The summed E-state index contributed by atoms with van der Waals surface area (Å²) in [7, 11) is 1.62. The van der Waals surface area contributed by atoms with Crippen molar-refractivity contribution in [1.82, 2.24) is 0 Å². The molecule has 0 bridgehead atoms. The Morgan fingerprint density at radius 3 is 2.74 bits per heavy atom. The molecule has 0 unspecified atom stereocenters. The van der Waals surface area contributed by atoms with Crippen LogP contribution >= 0.6 is 12.2 Å². The van der Waals surface area contributed by atoms with Crippen LogP contribution in [0.4, 0.5) is 4.39 Å². The van der Waals surface area contributed by atoms with Gasteiger partial charge in [0, 0.05) is 20.1 Å². The standard InChI is InChI=1S/C13H18FNO3S/c1-16-8-9-17-6-3-7-18-11-5-2-4-10(14)12(11)13(15)19/h2,4-5H,3,6-9H2,1H3,(H2,15,19). The van der Waals surface area contributed by atoms with Crippen LogP contribution < -0.4 is 10.5 Å². The predicted octanol–water partition coefficient (Wildman–Crippen LogP) is 1.89. The van der Waals surface area contributed by atoms with Gasteiger partial charge in [0.25, 0.3) is 0 Å². The van der Waals surface area contributed by atoms with E-state index in [1.165, 1.54) is 6.07 Å². The molecule has 0 aromatic heterocycles. The van der Waals surface area contributed by atoms with Crippen LogP contribution in [0.5, 0.6) is 5.75 Å². The van der Waals surface area contributed by atoms with Gasteiger partial charge < -0.3 is 19.9 Å². The zero-order chi connectivity index (χ0) is 14.1. The first-order valence-corrected chi connectivity index (χ1v) is 6.35. The van der Waals surface area contributed by atoms with Crippen molar-refractivity contribution in [3.8, 4) is 5.75 Å². The Hall–Kier alpha value is -1.24. The van der Waals surface area contributed by atoms with Crippen molar-refractivity contribution in [1.29, 1.82) is 0 Å². The molecule has 6 heteroatoms. The summed E-state index contributed by atoms with van der Waals surface area (Å²) in [6.45, 7) is 2.08. The zero-order valence-electron chi connectivity index (χ0n) is 10.9. The summed E-state index contributed by atoms with van der Waals surface area (Å²) in [4.78, 5) is -0.00977. The Balaban J connectivity index is 2.37. The maximum absolute atomic E-state index is 13.5. The number of rotatable bonds is 9. The highest BCUT2D eigenvalue weighted by Gasteiger charge is 2.11. The van der Waals surface area contributed by atoms with Crippen LogP contribution in [0.1, 0.15) is 12.0 Å². The second-order valence-corrected chi connectivity index (χ2v) is 4.22. The molecule has 0 atom stereocenters. The monoisotopic (exact) mass is 287 g/mol. The summed E-state index contributed by atoms with van der Waals surface area (Å²) < 4.78 is 29.1. The molecule has 1 aromatic rings. The van der Waals surface area contributed by atoms with Gasteiger partial charge in [-0.25, -0.2) is 4.39 Å². The lowest BCUT2D eigenvalue weighted by atomic mass is 10.2. The van der Waals surface area contributed by atoms with E-state index in [1.807, 2.05) is 0 Å². The van der Waals surface area contributed by atoms with Crippen molar-refractivity contribution in [2.75, 3.05) is 33.5 Å². The SMILES string of the molecule is COCCOCCCOc1cccc(F)c1C(N)=S. The topological polar surface area (TPSA) is 53.7 Å². The Morgan fingerprint density at radius 2 is 2.05 bits per heavy atom. The van der Waals surface area contributed by atoms with E-state index >= 15 is 0 Å². The molecule has 0 aliphatic heterocycles. The number of halogens is 1. The Morgan fingerprint density at radius 1 is 1.26 bits per heavy atom. The van der Waals surface area contributed by atoms with Gasteiger partial charge in [-0.15, -0.1) is 0 Å². The molecule has 1 aromatic carbocycles. The van der Waals surface area contributed by atoms with E-state index in [2.05, 4.69) is 0 Å². The van der Waals surface area contributed by atoms with Gasteiger partial charge in [0.2, 0.25) is 0 Å². The molecule has 0 fully saturated rings. The van der Waals surface area contributed by atoms with Crippen LogP contribution in [0.15, 0.2) is 18.2 Å². The van der Waals surface area contributed by atoms with Crippen molar-refractivity contribution >= 4 is 17.2 Å². The average Bonchev–Trinajstić information content (AvgIpc) is 2.37. The van der Waals surface area contributed by atoms with Crippen LogP contribution in [-0.4, -0.2) is 38.5 Å². The molecule has 0 aliphatic carbocycles. The second-order valence-electron chi connectivity index (χ2n) is 3.78. The molecule has 2 N–H and O–H groups in total. The fourth-order valence-corrected chi connectivity index (χ4v) is 1.65. The number of hydrogen-bond donors (Lipinski definition) is 1. The highest BCUT2D eigenvalue weighted by Crippen LogP contribution is 2.21. The third-order valence-electron chi connectivity index (χ3n) is 2.34. The van der Waals surface area contributed by atoms with Gasteiger partial charge in [0.05, 0.1) is 25.4 Å². The summed E-state index contributed by atoms with van der Waals surface area (Å²) >= 11 is 4.81. The number of methoxy groups -OCH3 is 1. The largest absolute Gasteiger partial charge is 0.493 e. The van der Waals surface area contributed by atoms with Crippen LogP contribution in [0.3, 0.4) is 0 Å². The smallest absolute Gasteiger partial charge is 0.137 e. The predicted molar refractivity (Wildman–Crippen MR) is 75.1 cm³/mol. The summed E-state index contributed by atoms with van der Waals surface area (Å²) in [5, 5.41) is 0. The van der Waals surface area contributed by atoms with Gasteiger partial charge in [0.1, 0.15) is 16.6 Å². The van der Waals surface area contributed by atoms with Gasteiger partial charge in [-0.3, -0.25) is 0 Å². The lowest BCUT2D eigenvalue weighted by Crippen LogP contribution is -2.15. The number of benzene rings is 1. The number of nitrogens with two attached hydrogens (primary N) is 1. The quantitative estimate of drug-likeness (QED) is 0.555. The molecular weight excluding hydrogens is 269 g/mol. The molecule has 0 aliphatic rings. The maximum Gasteiger partial charge on any atom is 0.137 e. The van der Waals surface area contributed by atoms with Crippen molar-refractivity contribution in [2.45, 2.75) is 6.42 Å². The van der Waals surface area contributed by atoms with Gasteiger partial charge in [0.15, 0.2) is 0 Å². The minimum atomic E-state index is -0.471. The summed E-state index contributed by atoms with van der Waals surface area (Å²) in [5.41, 5.74) is 5.62. The molecule has 0 radical (unpaired) electrons. The first-order valence-electron chi connectivity index (χ1n) is 5.94. The van der Waals surface area contributed by atoms with Crippen LogP contribution in [-0.2, 0) is 9.47 Å². The van der Waals surface area contributed by atoms with E-state index in [-0.39, 0.29) is 10.6 Å². The normalized spacial score (nSPS) is 10.4. The van der Waals surface area contributed by atoms with Crippen LogP contribution in [0, 0.1) is 5.82 Å². The summed E-state index contributed by atoms with van der Waals surface area (Å²) in [6, 6.07) is 4.50. The highest BCUT2D eigenvalue weighted by molar-refractivity contribution is 7.80. The van der Waals surface area contributed by atoms with E-state index in [9.17, 15) is 4.39 Å². The van der Waals surface area contributed by atoms with E-state index in [0.717, 1.165) is 0 Å². The van der Waals surface area contributed by atoms with Gasteiger partial charge >= 0.3 is 0 Å². The third kappa shape index (κ3) is 5.50. The molecule has 19 heavy (non-hydrogen) atoms. The molecule has 0 amide bonds. The number of ether oxygens (including phenoxy) is 3. The molecule has 0 spiro atoms. The Bertz CT molecular complexity index is 415. The average molecular weight is 287 g/mol. The minimum absolute atomic E-state index is 0.00977. The number of hydrogen-bond acceptors (Lipinski definition) is 4. The summed E-state index contributed by atoms with van der Waals surface area (Å²) in [6.07, 6.45) is 0.691. The lowest BCUT2D eigenvalue weighted by Gasteiger charge is -2.11. The van der Waals surface area contributed by atoms with E-state index < -0.39 is 5.82 Å². The Labute approximate surface area is 117 Å². The highest BCUT2D eigenvalue weighted by atomic mass is 32.1. The van der Waals surface area contributed by atoms with E-state index in [1.54, 1.807) is 19.2 Å². The molecule has 106 valence electrons. The van der Waals surface area contributed by atoms with Gasteiger partial charge in [-0.1, -0.05) is 18.3 Å². The van der Waals surface area contributed by atoms with E-state index in [0.29, 0.717) is 38.6 Å². The lowest BCUT2D eigenvalue weighted by molar-refractivity contribution is 0.0644. The van der Waals surface area contributed by atoms with Gasteiger partial charge in [-0.05, 0) is 12.1 Å². The summed E-state index contributed by atoms with van der Waals surface area (Å²) in [5.74, 6) is -0.106.